The fourth-order valence-corrected chi connectivity index (χ4v) is 1.06. The third kappa shape index (κ3) is 0.888. The molecule has 0 atom stereocenters. The number of aromatic nitrogens is 1. The highest BCUT2D eigenvalue weighted by atomic mass is 19.1. The molecule has 0 spiro atoms. The quantitative estimate of drug-likeness (QED) is 0.625. The summed E-state index contributed by atoms with van der Waals surface area (Å²) in [6.45, 7) is -0.507. The van der Waals surface area contributed by atoms with Crippen molar-refractivity contribution in [1.82, 2.24) is 5.16 Å². The van der Waals surface area contributed by atoms with Crippen molar-refractivity contribution in [3.8, 4) is 0 Å². The molecular formula is C8H6FNO. The van der Waals surface area contributed by atoms with Gasteiger partial charge in [0.25, 0.3) is 0 Å². The Morgan fingerprint density at radius 2 is 2.36 bits per heavy atom. The van der Waals surface area contributed by atoms with Gasteiger partial charge in [-0.2, -0.15) is 0 Å². The maximum atomic E-state index is 12.2. The Morgan fingerprint density at radius 3 is 3.18 bits per heavy atom. The third-order valence-corrected chi connectivity index (χ3v) is 1.61. The van der Waals surface area contributed by atoms with E-state index in [2.05, 4.69) is 5.16 Å². The minimum absolute atomic E-state index is 0.507. The first kappa shape index (κ1) is 6.34. The minimum atomic E-state index is -0.507. The predicted molar refractivity (Wildman–Crippen MR) is 38.8 cm³/mol. The van der Waals surface area contributed by atoms with Crippen LogP contribution in [-0.2, 0) is 6.67 Å². The molecule has 11 heavy (non-hydrogen) atoms. The summed E-state index contributed by atoms with van der Waals surface area (Å²) in [6.07, 6.45) is 1.58. The summed E-state index contributed by atoms with van der Waals surface area (Å²) in [6, 6.07) is 5.31. The molecule has 0 bridgehead atoms. The van der Waals surface area contributed by atoms with Gasteiger partial charge in [0.2, 0.25) is 0 Å². The van der Waals surface area contributed by atoms with E-state index in [0.29, 0.717) is 11.1 Å². The zero-order valence-corrected chi connectivity index (χ0v) is 5.75. The van der Waals surface area contributed by atoms with Crippen LogP contribution in [0.5, 0.6) is 0 Å². The Hall–Kier alpha value is -1.38. The zero-order chi connectivity index (χ0) is 7.68. The number of rotatable bonds is 1. The van der Waals surface area contributed by atoms with Crippen LogP contribution in [0.3, 0.4) is 0 Å². The van der Waals surface area contributed by atoms with Crippen LogP contribution in [0.1, 0.15) is 5.56 Å². The van der Waals surface area contributed by atoms with E-state index in [-0.39, 0.29) is 0 Å². The molecule has 0 aliphatic heterocycles. The van der Waals surface area contributed by atoms with E-state index in [1.165, 1.54) is 0 Å². The topological polar surface area (TPSA) is 26.0 Å². The van der Waals surface area contributed by atoms with Crippen LogP contribution in [0.15, 0.2) is 28.9 Å². The summed E-state index contributed by atoms with van der Waals surface area (Å²) in [7, 11) is 0. The normalized spacial score (nSPS) is 10.6. The van der Waals surface area contributed by atoms with Crippen LogP contribution in [0, 0.1) is 0 Å². The minimum Gasteiger partial charge on any atom is -0.356 e. The van der Waals surface area contributed by atoms with Gasteiger partial charge in [-0.15, -0.1) is 0 Å². The molecule has 1 aromatic heterocycles. The lowest BCUT2D eigenvalue weighted by Crippen LogP contribution is -1.77. The van der Waals surface area contributed by atoms with Gasteiger partial charge in [-0.05, 0) is 6.07 Å². The van der Waals surface area contributed by atoms with Crippen molar-refractivity contribution in [3.63, 3.8) is 0 Å². The molecule has 56 valence electrons. The Labute approximate surface area is 62.6 Å². The van der Waals surface area contributed by atoms with E-state index in [4.69, 9.17) is 4.52 Å². The van der Waals surface area contributed by atoms with Gasteiger partial charge in [0.15, 0.2) is 5.58 Å². The van der Waals surface area contributed by atoms with Gasteiger partial charge in [-0.3, -0.25) is 0 Å². The van der Waals surface area contributed by atoms with Crippen molar-refractivity contribution in [2.45, 2.75) is 6.67 Å². The van der Waals surface area contributed by atoms with E-state index in [9.17, 15) is 4.39 Å². The Morgan fingerprint density at radius 1 is 1.45 bits per heavy atom. The smallest absolute Gasteiger partial charge is 0.172 e. The summed E-state index contributed by atoms with van der Waals surface area (Å²) in [5.74, 6) is 0. The van der Waals surface area contributed by atoms with Gasteiger partial charge in [0.05, 0.1) is 6.20 Å². The van der Waals surface area contributed by atoms with Crippen molar-refractivity contribution in [3.05, 3.63) is 30.0 Å². The summed E-state index contributed by atoms with van der Waals surface area (Å²) in [5, 5.41) is 4.42. The largest absolute Gasteiger partial charge is 0.356 e. The number of alkyl halides is 1. The number of hydrogen-bond acceptors (Lipinski definition) is 2. The molecule has 2 aromatic rings. The van der Waals surface area contributed by atoms with E-state index < -0.39 is 6.67 Å². The van der Waals surface area contributed by atoms with Crippen molar-refractivity contribution in [1.29, 1.82) is 0 Å². The molecule has 1 heterocycles. The molecule has 0 amide bonds. The fourth-order valence-electron chi connectivity index (χ4n) is 1.06. The van der Waals surface area contributed by atoms with E-state index in [1.54, 1.807) is 18.3 Å². The standard InChI is InChI=1S/C8H6FNO/c9-4-6-2-1-3-7-5-10-11-8(6)7/h1-3,5H,4H2. The second kappa shape index (κ2) is 2.34. The second-order valence-electron chi connectivity index (χ2n) is 2.29. The van der Waals surface area contributed by atoms with Crippen LogP contribution < -0.4 is 0 Å². The highest BCUT2D eigenvalue weighted by molar-refractivity contribution is 5.78. The summed E-state index contributed by atoms with van der Waals surface area (Å²) in [5.41, 5.74) is 1.11. The maximum Gasteiger partial charge on any atom is 0.172 e. The molecule has 0 radical (unpaired) electrons. The third-order valence-electron chi connectivity index (χ3n) is 1.61. The predicted octanol–water partition coefficient (Wildman–Crippen LogP) is 2.30. The SMILES string of the molecule is FCc1cccc2cnoc12. The zero-order valence-electron chi connectivity index (χ0n) is 5.75. The number of fused-ring (bicyclic) bond motifs is 1. The number of nitrogens with zero attached hydrogens (tertiary/aromatic N) is 1. The molecule has 0 unspecified atom stereocenters. The highest BCUT2D eigenvalue weighted by Gasteiger charge is 2.02. The van der Waals surface area contributed by atoms with E-state index >= 15 is 0 Å². The average Bonchev–Trinajstić information content (AvgIpc) is 2.50. The first-order chi connectivity index (χ1) is 5.42. The van der Waals surface area contributed by atoms with E-state index in [0.717, 1.165) is 5.39 Å². The molecule has 0 aliphatic rings. The van der Waals surface area contributed by atoms with E-state index in [1.807, 2.05) is 6.07 Å². The summed E-state index contributed by atoms with van der Waals surface area (Å²) in [4.78, 5) is 0. The van der Waals surface area contributed by atoms with Crippen LogP contribution in [0.4, 0.5) is 4.39 Å². The van der Waals surface area contributed by atoms with Gasteiger partial charge in [-0.1, -0.05) is 17.3 Å². The van der Waals surface area contributed by atoms with Crippen molar-refractivity contribution < 1.29 is 8.91 Å². The molecular weight excluding hydrogens is 145 g/mol. The van der Waals surface area contributed by atoms with Crippen LogP contribution >= 0.6 is 0 Å². The van der Waals surface area contributed by atoms with Gasteiger partial charge in [0, 0.05) is 10.9 Å². The summed E-state index contributed by atoms with van der Waals surface area (Å²) < 4.78 is 17.1. The second-order valence-corrected chi connectivity index (χ2v) is 2.29. The van der Waals surface area contributed by atoms with Crippen LogP contribution in [-0.4, -0.2) is 5.16 Å². The van der Waals surface area contributed by atoms with Crippen LogP contribution in [0.2, 0.25) is 0 Å². The number of benzene rings is 1. The van der Waals surface area contributed by atoms with Gasteiger partial charge >= 0.3 is 0 Å². The molecule has 0 aliphatic carbocycles. The lowest BCUT2D eigenvalue weighted by Gasteiger charge is -1.91. The first-order valence-electron chi connectivity index (χ1n) is 3.30. The Balaban J connectivity index is 2.79. The molecule has 0 fully saturated rings. The number of halogens is 1. The molecule has 3 heteroatoms. The van der Waals surface area contributed by atoms with Gasteiger partial charge < -0.3 is 4.52 Å². The lowest BCUT2D eigenvalue weighted by molar-refractivity contribution is 0.439. The Bertz CT molecular complexity index is 369. The number of hydrogen-bond donors (Lipinski definition) is 0. The maximum absolute atomic E-state index is 12.2. The monoisotopic (exact) mass is 151 g/mol. The highest BCUT2D eigenvalue weighted by Crippen LogP contribution is 2.18. The number of para-hydroxylation sites is 1. The first-order valence-corrected chi connectivity index (χ1v) is 3.30. The van der Waals surface area contributed by atoms with Gasteiger partial charge in [-0.25, -0.2) is 4.39 Å². The molecule has 0 saturated heterocycles. The molecule has 0 N–H and O–H groups in total. The van der Waals surface area contributed by atoms with Crippen molar-refractivity contribution in [2.24, 2.45) is 0 Å². The molecule has 2 rings (SSSR count). The van der Waals surface area contributed by atoms with Crippen LogP contribution in [0.25, 0.3) is 11.0 Å². The molecule has 2 nitrogen and oxygen atoms in total. The summed E-state index contributed by atoms with van der Waals surface area (Å²) >= 11 is 0. The van der Waals surface area contributed by atoms with Crippen molar-refractivity contribution in [2.75, 3.05) is 0 Å². The van der Waals surface area contributed by atoms with Gasteiger partial charge in [0.1, 0.15) is 6.67 Å². The van der Waals surface area contributed by atoms with Crippen molar-refractivity contribution >= 4 is 11.0 Å². The Kier molecular flexibility index (Phi) is 1.35. The fraction of sp³-hybridized carbons (Fsp3) is 0.125. The molecule has 1 aromatic carbocycles. The molecule has 0 saturated carbocycles. The average molecular weight is 151 g/mol. The lowest BCUT2D eigenvalue weighted by atomic mass is 10.2.